The van der Waals surface area contributed by atoms with Crippen LogP contribution in [0.5, 0.6) is 11.5 Å². The van der Waals surface area contributed by atoms with Gasteiger partial charge in [0.05, 0.1) is 0 Å². The normalized spacial score (nSPS) is 10.6. The summed E-state index contributed by atoms with van der Waals surface area (Å²) >= 11 is 3.50. The smallest absolute Gasteiger partial charge is 0.188 e. The van der Waals surface area contributed by atoms with Gasteiger partial charge in [0.15, 0.2) is 13.6 Å². The topological polar surface area (TPSA) is 36.9 Å². The SMILES string of the molecule is CCCCCc1cc(OCOC)c(Br)c(OCOC)c1. The molecule has 0 aliphatic rings. The van der Waals surface area contributed by atoms with Gasteiger partial charge in [0, 0.05) is 14.2 Å². The van der Waals surface area contributed by atoms with E-state index in [0.717, 1.165) is 28.8 Å². The molecule has 0 spiro atoms. The predicted molar refractivity (Wildman–Crippen MR) is 82.4 cm³/mol. The summed E-state index contributed by atoms with van der Waals surface area (Å²) in [5.74, 6) is 1.46. The Morgan fingerprint density at radius 1 is 0.950 bits per heavy atom. The molecule has 0 aromatic heterocycles. The summed E-state index contributed by atoms with van der Waals surface area (Å²) in [7, 11) is 3.20. The van der Waals surface area contributed by atoms with Crippen molar-refractivity contribution in [2.45, 2.75) is 32.6 Å². The molecule has 4 nitrogen and oxygen atoms in total. The highest BCUT2D eigenvalue weighted by molar-refractivity contribution is 9.10. The molecule has 0 atom stereocenters. The molecule has 0 heterocycles. The largest absolute Gasteiger partial charge is 0.466 e. The van der Waals surface area contributed by atoms with E-state index in [-0.39, 0.29) is 13.6 Å². The lowest BCUT2D eigenvalue weighted by atomic mass is 10.1. The van der Waals surface area contributed by atoms with Crippen molar-refractivity contribution < 1.29 is 18.9 Å². The van der Waals surface area contributed by atoms with E-state index >= 15 is 0 Å². The zero-order chi connectivity index (χ0) is 14.8. The Bertz CT molecular complexity index is 366. The fourth-order valence-electron chi connectivity index (χ4n) is 1.80. The fraction of sp³-hybridized carbons (Fsp3) is 0.600. The Morgan fingerprint density at radius 3 is 1.95 bits per heavy atom. The molecule has 0 radical (unpaired) electrons. The lowest BCUT2D eigenvalue weighted by Crippen LogP contribution is -2.04. The average molecular weight is 347 g/mol. The number of rotatable bonds is 10. The van der Waals surface area contributed by atoms with Crippen LogP contribution in [0.15, 0.2) is 16.6 Å². The third kappa shape index (κ3) is 5.69. The quantitative estimate of drug-likeness (QED) is 0.471. The number of unbranched alkanes of at least 4 members (excludes halogenated alkanes) is 2. The van der Waals surface area contributed by atoms with Crippen molar-refractivity contribution in [1.29, 1.82) is 0 Å². The lowest BCUT2D eigenvalue weighted by Gasteiger charge is -2.14. The molecule has 0 fully saturated rings. The van der Waals surface area contributed by atoms with E-state index in [1.165, 1.54) is 18.4 Å². The Hall–Kier alpha value is -0.780. The van der Waals surface area contributed by atoms with Crippen molar-refractivity contribution in [2.75, 3.05) is 27.8 Å². The van der Waals surface area contributed by atoms with Crippen LogP contribution in [-0.2, 0) is 15.9 Å². The van der Waals surface area contributed by atoms with Crippen molar-refractivity contribution in [3.8, 4) is 11.5 Å². The van der Waals surface area contributed by atoms with Gasteiger partial charge in [-0.1, -0.05) is 19.8 Å². The van der Waals surface area contributed by atoms with Crippen LogP contribution in [0.4, 0.5) is 0 Å². The van der Waals surface area contributed by atoms with Crippen LogP contribution in [0.1, 0.15) is 31.7 Å². The molecule has 0 aliphatic carbocycles. The highest BCUT2D eigenvalue weighted by Gasteiger charge is 2.11. The molecular formula is C15H23BrO4. The van der Waals surface area contributed by atoms with E-state index in [2.05, 4.69) is 22.9 Å². The van der Waals surface area contributed by atoms with Crippen molar-refractivity contribution in [2.24, 2.45) is 0 Å². The molecule has 0 saturated carbocycles. The number of aryl methyl sites for hydroxylation is 1. The van der Waals surface area contributed by atoms with Gasteiger partial charge in [-0.25, -0.2) is 0 Å². The summed E-state index contributed by atoms with van der Waals surface area (Å²) in [5, 5.41) is 0. The summed E-state index contributed by atoms with van der Waals surface area (Å²) in [5.41, 5.74) is 1.19. The molecule has 1 rings (SSSR count). The fourth-order valence-corrected chi connectivity index (χ4v) is 2.26. The second-order valence-electron chi connectivity index (χ2n) is 4.46. The number of methoxy groups -OCH3 is 2. The Morgan fingerprint density at radius 2 is 1.50 bits per heavy atom. The van der Waals surface area contributed by atoms with E-state index in [0.29, 0.717) is 0 Å². The average Bonchev–Trinajstić information content (AvgIpc) is 2.46. The molecule has 5 heteroatoms. The van der Waals surface area contributed by atoms with Crippen molar-refractivity contribution in [3.63, 3.8) is 0 Å². The second-order valence-corrected chi connectivity index (χ2v) is 5.26. The molecule has 20 heavy (non-hydrogen) atoms. The van der Waals surface area contributed by atoms with E-state index in [1.807, 2.05) is 12.1 Å². The van der Waals surface area contributed by atoms with Gasteiger partial charge in [0.2, 0.25) is 0 Å². The number of ether oxygens (including phenoxy) is 4. The summed E-state index contributed by atoms with van der Waals surface area (Å²) in [6.07, 6.45) is 4.59. The maximum Gasteiger partial charge on any atom is 0.188 e. The number of halogens is 1. The summed E-state index contributed by atoms with van der Waals surface area (Å²) < 4.78 is 21.8. The van der Waals surface area contributed by atoms with E-state index in [9.17, 15) is 0 Å². The molecule has 0 unspecified atom stereocenters. The zero-order valence-corrected chi connectivity index (χ0v) is 14.0. The van der Waals surface area contributed by atoms with Gasteiger partial charge in [-0.15, -0.1) is 0 Å². The van der Waals surface area contributed by atoms with Gasteiger partial charge >= 0.3 is 0 Å². The highest BCUT2D eigenvalue weighted by Crippen LogP contribution is 2.36. The monoisotopic (exact) mass is 346 g/mol. The Balaban J connectivity index is 2.86. The van der Waals surface area contributed by atoms with Crippen LogP contribution in [0.3, 0.4) is 0 Å². The van der Waals surface area contributed by atoms with E-state index in [1.54, 1.807) is 14.2 Å². The molecule has 1 aromatic rings. The first kappa shape index (κ1) is 17.3. The van der Waals surface area contributed by atoms with Crippen molar-refractivity contribution >= 4 is 15.9 Å². The molecule has 0 saturated heterocycles. The van der Waals surface area contributed by atoms with Gasteiger partial charge in [-0.2, -0.15) is 0 Å². The maximum atomic E-state index is 5.56. The first-order valence-electron chi connectivity index (χ1n) is 6.78. The third-order valence-electron chi connectivity index (χ3n) is 2.80. The number of hydrogen-bond donors (Lipinski definition) is 0. The highest BCUT2D eigenvalue weighted by atomic mass is 79.9. The van der Waals surface area contributed by atoms with Crippen LogP contribution in [0.25, 0.3) is 0 Å². The van der Waals surface area contributed by atoms with Gasteiger partial charge in [0.1, 0.15) is 16.0 Å². The summed E-state index contributed by atoms with van der Waals surface area (Å²) in [6, 6.07) is 4.05. The van der Waals surface area contributed by atoms with E-state index in [4.69, 9.17) is 18.9 Å². The minimum atomic E-state index is 0.209. The van der Waals surface area contributed by atoms with Crippen LogP contribution >= 0.6 is 15.9 Å². The molecule has 114 valence electrons. The maximum absolute atomic E-state index is 5.56. The van der Waals surface area contributed by atoms with Gasteiger partial charge in [-0.3, -0.25) is 0 Å². The Labute approximate surface area is 129 Å². The minimum absolute atomic E-state index is 0.209. The first-order chi connectivity index (χ1) is 9.72. The van der Waals surface area contributed by atoms with Gasteiger partial charge in [-0.05, 0) is 46.5 Å². The zero-order valence-electron chi connectivity index (χ0n) is 12.4. The molecule has 1 aromatic carbocycles. The van der Waals surface area contributed by atoms with Crippen molar-refractivity contribution in [1.82, 2.24) is 0 Å². The van der Waals surface area contributed by atoms with Gasteiger partial charge < -0.3 is 18.9 Å². The van der Waals surface area contributed by atoms with Crippen LogP contribution in [0.2, 0.25) is 0 Å². The van der Waals surface area contributed by atoms with Gasteiger partial charge in [0.25, 0.3) is 0 Å². The van der Waals surface area contributed by atoms with Crippen LogP contribution in [-0.4, -0.2) is 27.8 Å². The Kier molecular flexibility index (Phi) is 8.65. The molecule has 0 aliphatic heterocycles. The molecule has 0 amide bonds. The number of benzene rings is 1. The molecular weight excluding hydrogens is 324 g/mol. The first-order valence-corrected chi connectivity index (χ1v) is 7.58. The third-order valence-corrected chi connectivity index (χ3v) is 3.58. The minimum Gasteiger partial charge on any atom is -0.466 e. The van der Waals surface area contributed by atoms with Crippen LogP contribution in [0, 0.1) is 0 Å². The van der Waals surface area contributed by atoms with E-state index < -0.39 is 0 Å². The molecule has 0 bridgehead atoms. The molecule has 0 N–H and O–H groups in total. The number of hydrogen-bond acceptors (Lipinski definition) is 4. The standard InChI is InChI=1S/C15H23BrO4/c1-4-5-6-7-12-8-13(19-10-17-2)15(16)14(9-12)20-11-18-3/h8-9H,4-7,10-11H2,1-3H3. The summed E-state index contributed by atoms with van der Waals surface area (Å²) in [4.78, 5) is 0. The van der Waals surface area contributed by atoms with Crippen LogP contribution < -0.4 is 9.47 Å². The van der Waals surface area contributed by atoms with Crippen molar-refractivity contribution in [3.05, 3.63) is 22.2 Å². The lowest BCUT2D eigenvalue weighted by molar-refractivity contribution is 0.0449. The summed E-state index contributed by atoms with van der Waals surface area (Å²) in [6.45, 7) is 2.61. The second kappa shape index (κ2) is 10.0. The predicted octanol–water partition coefficient (Wildman–Crippen LogP) is 4.15.